The van der Waals surface area contributed by atoms with Gasteiger partial charge in [-0.1, -0.05) is 12.2 Å². The number of ether oxygens (including phenoxy) is 3. The molecule has 1 spiro atoms. The Labute approximate surface area is 234 Å². The molecule has 2 saturated heterocycles. The molecule has 0 aromatic carbocycles. The van der Waals surface area contributed by atoms with Crippen LogP contribution >= 0.6 is 32.3 Å². The summed E-state index contributed by atoms with van der Waals surface area (Å²) in [5.41, 5.74) is -2.74. The SMILES string of the molecule is CC(C)(C)C(=O)OCOP(=O)(OCOC(=O)C(C)(C)C)OC[C@H]1OC(n2cc(F)c(=S)[nH]c2=S)[C@]2(CN2)C1O. The molecule has 0 aliphatic carbocycles. The van der Waals surface area contributed by atoms with Gasteiger partial charge in [0.15, 0.2) is 16.8 Å². The third-order valence-corrected chi connectivity index (χ3v) is 7.73. The quantitative estimate of drug-likeness (QED) is 0.116. The molecule has 3 heterocycles. The molecule has 3 rings (SSSR count). The summed E-state index contributed by atoms with van der Waals surface area (Å²) >= 11 is 10.1. The number of H-pyrrole nitrogens is 1. The van der Waals surface area contributed by atoms with E-state index in [0.717, 1.165) is 6.20 Å². The molecule has 17 heteroatoms. The van der Waals surface area contributed by atoms with Gasteiger partial charge >= 0.3 is 19.8 Å². The number of carbonyl (C=O) groups excluding carboxylic acids is 2. The first-order chi connectivity index (χ1) is 17.9. The Hall–Kier alpha value is -1.62. The van der Waals surface area contributed by atoms with E-state index < -0.39 is 80.6 Å². The average molecular weight is 614 g/mol. The van der Waals surface area contributed by atoms with Crippen molar-refractivity contribution in [3.05, 3.63) is 21.4 Å². The van der Waals surface area contributed by atoms with E-state index in [-0.39, 0.29) is 9.41 Å². The van der Waals surface area contributed by atoms with Gasteiger partial charge in [0.25, 0.3) is 0 Å². The van der Waals surface area contributed by atoms with Gasteiger partial charge in [-0.05, 0) is 53.8 Å². The Kier molecular flexibility index (Phi) is 9.57. The van der Waals surface area contributed by atoms with Crippen LogP contribution in [0.15, 0.2) is 6.20 Å². The molecule has 1 aromatic heterocycles. The highest BCUT2D eigenvalue weighted by Gasteiger charge is 2.64. The highest BCUT2D eigenvalue weighted by molar-refractivity contribution is 7.72. The molecule has 13 nitrogen and oxygen atoms in total. The average Bonchev–Trinajstić information content (AvgIpc) is 3.57. The lowest BCUT2D eigenvalue weighted by Gasteiger charge is -2.23. The first kappa shape index (κ1) is 31.9. The van der Waals surface area contributed by atoms with E-state index >= 15 is 0 Å². The molecule has 39 heavy (non-hydrogen) atoms. The van der Waals surface area contributed by atoms with Crippen LogP contribution < -0.4 is 5.32 Å². The van der Waals surface area contributed by atoms with Crippen molar-refractivity contribution in [3.8, 4) is 0 Å². The van der Waals surface area contributed by atoms with Gasteiger partial charge in [0.05, 0.1) is 17.4 Å². The third-order valence-electron chi connectivity index (χ3n) is 5.81. The second-order valence-corrected chi connectivity index (χ2v) is 13.6. The number of aromatic amines is 1. The van der Waals surface area contributed by atoms with Crippen LogP contribution in [-0.4, -0.2) is 71.1 Å². The summed E-state index contributed by atoms with van der Waals surface area (Å²) in [7, 11) is -4.53. The van der Waals surface area contributed by atoms with Gasteiger partial charge in [0, 0.05) is 12.7 Å². The van der Waals surface area contributed by atoms with E-state index in [0.29, 0.717) is 6.54 Å². The molecule has 0 saturated carbocycles. The van der Waals surface area contributed by atoms with Crippen molar-refractivity contribution in [3.63, 3.8) is 0 Å². The smallest absolute Gasteiger partial charge is 0.437 e. The molecule has 0 amide bonds. The first-order valence-corrected chi connectivity index (χ1v) is 14.1. The number of phosphoric acid groups is 1. The summed E-state index contributed by atoms with van der Waals surface area (Å²) in [5.74, 6) is -2.02. The normalized spacial score (nSPS) is 25.1. The van der Waals surface area contributed by atoms with Gasteiger partial charge in [-0.15, -0.1) is 0 Å². The molecule has 2 aliphatic heterocycles. The van der Waals surface area contributed by atoms with E-state index in [1.54, 1.807) is 41.5 Å². The van der Waals surface area contributed by atoms with Crippen LogP contribution in [0.1, 0.15) is 47.8 Å². The van der Waals surface area contributed by atoms with Crippen LogP contribution in [0.3, 0.4) is 0 Å². The Morgan fingerprint density at radius 1 is 1.13 bits per heavy atom. The summed E-state index contributed by atoms with van der Waals surface area (Å²) < 4.78 is 60.1. The topological polar surface area (TPSA) is 169 Å². The van der Waals surface area contributed by atoms with E-state index in [9.17, 15) is 23.7 Å². The lowest BCUT2D eigenvalue weighted by atomic mass is 9.98. The van der Waals surface area contributed by atoms with Crippen LogP contribution in [0.4, 0.5) is 4.39 Å². The van der Waals surface area contributed by atoms with Crippen molar-refractivity contribution in [2.75, 3.05) is 26.7 Å². The van der Waals surface area contributed by atoms with Crippen molar-refractivity contribution >= 4 is 44.2 Å². The fourth-order valence-corrected chi connectivity index (χ4v) is 4.78. The van der Waals surface area contributed by atoms with Crippen molar-refractivity contribution < 1.29 is 51.4 Å². The minimum atomic E-state index is -4.53. The number of hydrogen-bond acceptors (Lipinski definition) is 13. The fourth-order valence-electron chi connectivity index (χ4n) is 3.40. The number of phosphoric ester groups is 1. The Morgan fingerprint density at radius 3 is 2.10 bits per heavy atom. The van der Waals surface area contributed by atoms with Crippen LogP contribution in [0.25, 0.3) is 0 Å². The first-order valence-electron chi connectivity index (χ1n) is 11.9. The summed E-state index contributed by atoms with van der Waals surface area (Å²) in [5, 5.41) is 14.0. The van der Waals surface area contributed by atoms with E-state index in [1.807, 2.05) is 0 Å². The number of aliphatic hydroxyl groups excluding tert-OH is 1. The number of esters is 2. The maximum absolute atomic E-state index is 14.2. The number of carbonyl (C=O) groups is 2. The van der Waals surface area contributed by atoms with Crippen molar-refractivity contribution in [2.45, 2.75) is 65.5 Å². The molecule has 2 fully saturated rings. The van der Waals surface area contributed by atoms with Gasteiger partial charge in [-0.2, -0.15) is 0 Å². The number of hydrogen-bond donors (Lipinski definition) is 3. The largest absolute Gasteiger partial charge is 0.480 e. The van der Waals surface area contributed by atoms with Gasteiger partial charge in [0.2, 0.25) is 13.6 Å². The second-order valence-electron chi connectivity index (χ2n) is 11.1. The number of nitrogens with one attached hydrogen (secondary N) is 2. The molecule has 220 valence electrons. The van der Waals surface area contributed by atoms with E-state index in [1.165, 1.54) is 4.57 Å². The number of halogens is 1. The lowest BCUT2D eigenvalue weighted by molar-refractivity contribution is -0.163. The molecule has 1 aromatic rings. The Bertz CT molecular complexity index is 1220. The van der Waals surface area contributed by atoms with Crippen molar-refractivity contribution in [1.29, 1.82) is 0 Å². The van der Waals surface area contributed by atoms with Gasteiger partial charge in [0.1, 0.15) is 22.4 Å². The number of aliphatic hydroxyl groups is 1. The molecule has 3 N–H and O–H groups in total. The number of nitrogens with zero attached hydrogens (tertiary/aromatic N) is 1. The van der Waals surface area contributed by atoms with Gasteiger partial charge in [-0.25, -0.2) is 18.0 Å². The zero-order chi connectivity index (χ0) is 29.4. The van der Waals surface area contributed by atoms with Gasteiger partial charge < -0.3 is 29.6 Å². The van der Waals surface area contributed by atoms with Crippen LogP contribution in [0.5, 0.6) is 0 Å². The highest BCUT2D eigenvalue weighted by atomic mass is 32.1. The summed E-state index contributed by atoms with van der Waals surface area (Å²) in [6.45, 7) is 7.88. The maximum Gasteiger partial charge on any atom is 0.480 e. The highest BCUT2D eigenvalue weighted by Crippen LogP contribution is 2.51. The monoisotopic (exact) mass is 613 g/mol. The minimum absolute atomic E-state index is 0.0620. The van der Waals surface area contributed by atoms with Crippen molar-refractivity contribution in [2.24, 2.45) is 10.8 Å². The van der Waals surface area contributed by atoms with Crippen LogP contribution in [0.2, 0.25) is 0 Å². The zero-order valence-electron chi connectivity index (χ0n) is 22.3. The molecule has 2 aliphatic rings. The molecule has 4 atom stereocenters. The maximum atomic E-state index is 14.2. The summed E-state index contributed by atoms with van der Waals surface area (Å²) in [4.78, 5) is 26.6. The Balaban J connectivity index is 1.71. The lowest BCUT2D eigenvalue weighted by Crippen LogP contribution is -2.39. The van der Waals surface area contributed by atoms with Crippen molar-refractivity contribution in [1.82, 2.24) is 14.9 Å². The molecule has 0 bridgehead atoms. The second kappa shape index (κ2) is 11.7. The predicted molar refractivity (Wildman–Crippen MR) is 138 cm³/mol. The molecular weight excluding hydrogens is 580 g/mol. The summed E-state index contributed by atoms with van der Waals surface area (Å²) in [6.07, 6.45) is -2.21. The van der Waals surface area contributed by atoms with E-state index in [2.05, 4.69) is 10.3 Å². The summed E-state index contributed by atoms with van der Waals surface area (Å²) in [6, 6.07) is 0. The fraction of sp³-hybridized carbons (Fsp3) is 0.727. The molecular formula is C22H33FN3O10PS2. The molecule has 0 radical (unpaired) electrons. The van der Waals surface area contributed by atoms with E-state index in [4.69, 9.17) is 52.2 Å². The number of aromatic nitrogens is 2. The minimum Gasteiger partial charge on any atom is -0.437 e. The number of rotatable bonds is 10. The third kappa shape index (κ3) is 7.57. The van der Waals surface area contributed by atoms with Gasteiger partial charge in [-0.3, -0.25) is 18.7 Å². The zero-order valence-corrected chi connectivity index (χ0v) is 24.9. The van der Waals surface area contributed by atoms with Crippen LogP contribution in [0, 0.1) is 26.1 Å². The Morgan fingerprint density at radius 2 is 1.64 bits per heavy atom. The predicted octanol–water partition coefficient (Wildman–Crippen LogP) is 3.27. The van der Waals surface area contributed by atoms with Crippen LogP contribution in [-0.2, 0) is 41.9 Å². The molecule has 2 unspecified atom stereocenters. The standard InChI is InChI=1S/C22H33FN3O10PS2/c1-20(2,3)17(28)31-10-34-37(30,35-11-32-18(29)21(4,5)6)33-8-13-14(27)22(9-24-22)16(36-13)26-7-12(23)15(38)25-19(26)39/h7,13-14,16,24,27H,8-11H2,1-6H3,(H,25,38,39)/t13-,14?,16?,22+/m1/s1.